The lowest BCUT2D eigenvalue weighted by Gasteiger charge is -2.05. The van der Waals surface area contributed by atoms with Crippen molar-refractivity contribution in [3.8, 4) is 11.8 Å². The number of nitrogens with zero attached hydrogens (tertiary/aromatic N) is 1. The molecule has 1 N–H and O–H groups in total. The number of rotatable bonds is 6. The third kappa shape index (κ3) is 4.25. The summed E-state index contributed by atoms with van der Waals surface area (Å²) in [6.07, 6.45) is 1.85. The summed E-state index contributed by atoms with van der Waals surface area (Å²) < 4.78 is 10.9. The van der Waals surface area contributed by atoms with E-state index in [0.29, 0.717) is 23.2 Å². The molecule has 5 heteroatoms. The fourth-order valence-corrected chi connectivity index (χ4v) is 1.95. The molecule has 0 spiro atoms. The van der Waals surface area contributed by atoms with Gasteiger partial charge in [-0.15, -0.1) is 0 Å². The maximum atomic E-state index is 5.90. The first-order valence-corrected chi connectivity index (χ1v) is 7.01. The Hall–Kier alpha value is -1.52. The molecule has 0 bridgehead atoms. The summed E-state index contributed by atoms with van der Waals surface area (Å²) in [7, 11) is 0. The van der Waals surface area contributed by atoms with Gasteiger partial charge >= 0.3 is 6.08 Å². The molecule has 0 saturated carbocycles. The van der Waals surface area contributed by atoms with Crippen LogP contribution in [0.1, 0.15) is 25.1 Å². The summed E-state index contributed by atoms with van der Waals surface area (Å²) in [5.74, 6) is 1.30. The minimum atomic E-state index is 0.247. The molecule has 20 heavy (non-hydrogen) atoms. The minimum Gasteiger partial charge on any atom is -0.417 e. The standard InChI is InChI=1S/C15H19ClN2O2/c1-10(2)7-17-8-13-9-19-15(18-13)20-14-5-4-12(16)6-11(14)3/h4-6,9-10,17H,7-8H2,1-3H3. The van der Waals surface area contributed by atoms with Crippen LogP contribution in [0.25, 0.3) is 0 Å². The van der Waals surface area contributed by atoms with Crippen LogP contribution in [0.15, 0.2) is 28.9 Å². The number of hydrogen-bond donors (Lipinski definition) is 1. The SMILES string of the molecule is Cc1cc(Cl)ccc1Oc1nc(CNCC(C)C)co1. The van der Waals surface area contributed by atoms with Crippen molar-refractivity contribution in [2.45, 2.75) is 27.3 Å². The van der Waals surface area contributed by atoms with E-state index in [1.54, 1.807) is 18.4 Å². The quantitative estimate of drug-likeness (QED) is 0.868. The van der Waals surface area contributed by atoms with Crippen LogP contribution in [0.2, 0.25) is 5.02 Å². The molecule has 2 aromatic rings. The van der Waals surface area contributed by atoms with E-state index >= 15 is 0 Å². The monoisotopic (exact) mass is 294 g/mol. The molecule has 0 unspecified atom stereocenters. The molecule has 1 heterocycles. The van der Waals surface area contributed by atoms with Crippen LogP contribution < -0.4 is 10.1 Å². The molecule has 0 aliphatic carbocycles. The van der Waals surface area contributed by atoms with Gasteiger partial charge < -0.3 is 14.5 Å². The Morgan fingerprint density at radius 3 is 2.90 bits per heavy atom. The van der Waals surface area contributed by atoms with Crippen molar-refractivity contribution >= 4 is 11.6 Å². The Labute approximate surface area is 124 Å². The number of nitrogens with one attached hydrogen (secondary N) is 1. The van der Waals surface area contributed by atoms with E-state index in [1.165, 1.54) is 0 Å². The summed E-state index contributed by atoms with van der Waals surface area (Å²) in [5.41, 5.74) is 1.77. The highest BCUT2D eigenvalue weighted by atomic mass is 35.5. The average Bonchev–Trinajstić information content (AvgIpc) is 2.80. The Balaban J connectivity index is 1.95. The molecule has 108 valence electrons. The molecular formula is C15H19ClN2O2. The molecule has 0 aliphatic rings. The third-order valence-corrected chi connectivity index (χ3v) is 2.96. The number of halogens is 1. The van der Waals surface area contributed by atoms with Crippen LogP contribution in [-0.4, -0.2) is 11.5 Å². The van der Waals surface area contributed by atoms with Crippen LogP contribution in [0, 0.1) is 12.8 Å². The van der Waals surface area contributed by atoms with E-state index in [4.69, 9.17) is 20.8 Å². The van der Waals surface area contributed by atoms with Gasteiger partial charge in [-0.1, -0.05) is 25.4 Å². The van der Waals surface area contributed by atoms with Gasteiger partial charge in [0.2, 0.25) is 0 Å². The summed E-state index contributed by atoms with van der Waals surface area (Å²) in [6.45, 7) is 7.86. The Kier molecular flexibility index (Phi) is 5.04. The van der Waals surface area contributed by atoms with Crippen LogP contribution in [-0.2, 0) is 6.54 Å². The number of oxazole rings is 1. The van der Waals surface area contributed by atoms with E-state index < -0.39 is 0 Å². The Morgan fingerprint density at radius 2 is 2.20 bits per heavy atom. The van der Waals surface area contributed by atoms with Gasteiger partial charge in [0.15, 0.2) is 0 Å². The molecule has 0 atom stereocenters. The lowest BCUT2D eigenvalue weighted by Crippen LogP contribution is -2.19. The molecule has 1 aromatic heterocycles. The van der Waals surface area contributed by atoms with Gasteiger partial charge in [0.05, 0.1) is 5.69 Å². The van der Waals surface area contributed by atoms with E-state index in [0.717, 1.165) is 17.8 Å². The zero-order valence-electron chi connectivity index (χ0n) is 11.9. The van der Waals surface area contributed by atoms with Gasteiger partial charge in [-0.25, -0.2) is 0 Å². The third-order valence-electron chi connectivity index (χ3n) is 2.72. The van der Waals surface area contributed by atoms with Crippen LogP contribution in [0.3, 0.4) is 0 Å². The second-order valence-corrected chi connectivity index (χ2v) is 5.58. The first-order chi connectivity index (χ1) is 9.54. The van der Waals surface area contributed by atoms with E-state index in [9.17, 15) is 0 Å². The summed E-state index contributed by atoms with van der Waals surface area (Å²) in [4.78, 5) is 4.28. The lowest BCUT2D eigenvalue weighted by atomic mass is 10.2. The second kappa shape index (κ2) is 6.77. The van der Waals surface area contributed by atoms with Gasteiger partial charge in [-0.3, -0.25) is 0 Å². The highest BCUT2D eigenvalue weighted by molar-refractivity contribution is 6.30. The largest absolute Gasteiger partial charge is 0.417 e. The highest BCUT2D eigenvalue weighted by Crippen LogP contribution is 2.26. The highest BCUT2D eigenvalue weighted by Gasteiger charge is 2.08. The maximum Gasteiger partial charge on any atom is 0.399 e. The normalized spacial score (nSPS) is 11.1. The predicted octanol–water partition coefficient (Wildman–Crippen LogP) is 4.17. The van der Waals surface area contributed by atoms with Crippen LogP contribution in [0.4, 0.5) is 0 Å². The molecule has 2 rings (SSSR count). The second-order valence-electron chi connectivity index (χ2n) is 5.14. The zero-order chi connectivity index (χ0) is 14.5. The van der Waals surface area contributed by atoms with Gasteiger partial charge in [0, 0.05) is 11.6 Å². The van der Waals surface area contributed by atoms with Crippen molar-refractivity contribution < 1.29 is 9.15 Å². The smallest absolute Gasteiger partial charge is 0.399 e. The number of benzene rings is 1. The first kappa shape index (κ1) is 14.9. The summed E-state index contributed by atoms with van der Waals surface area (Å²) in [5, 5.41) is 3.98. The Bertz CT molecular complexity index is 567. The summed E-state index contributed by atoms with van der Waals surface area (Å²) >= 11 is 5.90. The van der Waals surface area contributed by atoms with Crippen molar-refractivity contribution in [3.05, 3.63) is 40.7 Å². The topological polar surface area (TPSA) is 47.3 Å². The molecule has 1 aromatic carbocycles. The van der Waals surface area contributed by atoms with Crippen molar-refractivity contribution in [1.29, 1.82) is 0 Å². The first-order valence-electron chi connectivity index (χ1n) is 6.63. The van der Waals surface area contributed by atoms with Crippen LogP contribution >= 0.6 is 11.6 Å². The van der Waals surface area contributed by atoms with Crippen molar-refractivity contribution in [2.75, 3.05) is 6.54 Å². The molecule has 0 radical (unpaired) electrons. The van der Waals surface area contributed by atoms with Gasteiger partial charge in [0.25, 0.3) is 0 Å². The average molecular weight is 295 g/mol. The number of aromatic nitrogens is 1. The lowest BCUT2D eigenvalue weighted by molar-refractivity contribution is 0.329. The number of ether oxygens (including phenoxy) is 1. The molecule has 4 nitrogen and oxygen atoms in total. The van der Waals surface area contributed by atoms with Gasteiger partial charge in [-0.2, -0.15) is 4.98 Å². The Morgan fingerprint density at radius 1 is 1.40 bits per heavy atom. The molecule has 0 amide bonds. The fourth-order valence-electron chi connectivity index (χ4n) is 1.73. The maximum absolute atomic E-state index is 5.90. The van der Waals surface area contributed by atoms with E-state index in [2.05, 4.69) is 24.1 Å². The van der Waals surface area contributed by atoms with E-state index in [-0.39, 0.29) is 6.08 Å². The number of hydrogen-bond acceptors (Lipinski definition) is 4. The van der Waals surface area contributed by atoms with Gasteiger partial charge in [-0.05, 0) is 43.1 Å². The zero-order valence-corrected chi connectivity index (χ0v) is 12.7. The molecule has 0 aliphatic heterocycles. The molecular weight excluding hydrogens is 276 g/mol. The number of aryl methyl sites for hydroxylation is 1. The van der Waals surface area contributed by atoms with Crippen LogP contribution in [0.5, 0.6) is 11.8 Å². The van der Waals surface area contributed by atoms with Gasteiger partial charge in [0.1, 0.15) is 12.0 Å². The van der Waals surface area contributed by atoms with Crippen molar-refractivity contribution in [1.82, 2.24) is 10.3 Å². The van der Waals surface area contributed by atoms with Crippen molar-refractivity contribution in [3.63, 3.8) is 0 Å². The molecule has 0 saturated heterocycles. The predicted molar refractivity (Wildman–Crippen MR) is 79.3 cm³/mol. The molecule has 0 fully saturated rings. The van der Waals surface area contributed by atoms with E-state index in [1.807, 2.05) is 13.0 Å². The van der Waals surface area contributed by atoms with Crippen molar-refractivity contribution in [2.24, 2.45) is 5.92 Å². The summed E-state index contributed by atoms with van der Waals surface area (Å²) in [6, 6.07) is 5.42. The fraction of sp³-hybridized carbons (Fsp3) is 0.400. The minimum absolute atomic E-state index is 0.247.